The SMILES string of the molecule is CCS(=O)(=O)CC(C)Nc1ccc(C)c(Cl)c1. The van der Waals surface area contributed by atoms with Crippen molar-refractivity contribution >= 4 is 27.1 Å². The van der Waals surface area contributed by atoms with E-state index in [4.69, 9.17) is 11.6 Å². The Kier molecular flexibility index (Phi) is 4.83. The second-order valence-corrected chi connectivity index (χ2v) is 7.01. The minimum Gasteiger partial charge on any atom is -0.382 e. The highest BCUT2D eigenvalue weighted by molar-refractivity contribution is 7.91. The van der Waals surface area contributed by atoms with E-state index < -0.39 is 9.84 Å². The van der Waals surface area contributed by atoms with Crippen molar-refractivity contribution in [3.8, 4) is 0 Å². The van der Waals surface area contributed by atoms with Crippen LogP contribution in [0.4, 0.5) is 5.69 Å². The molecule has 0 saturated heterocycles. The summed E-state index contributed by atoms with van der Waals surface area (Å²) in [6, 6.07) is 5.49. The Balaban J connectivity index is 2.68. The molecule has 5 heteroatoms. The third-order valence-corrected chi connectivity index (χ3v) is 4.82. The Morgan fingerprint density at radius 1 is 1.41 bits per heavy atom. The van der Waals surface area contributed by atoms with E-state index in [1.807, 2.05) is 32.0 Å². The van der Waals surface area contributed by atoms with Crippen LogP contribution >= 0.6 is 11.6 Å². The molecule has 0 radical (unpaired) electrons. The first-order chi connectivity index (χ1) is 7.84. The minimum atomic E-state index is -2.95. The maximum Gasteiger partial charge on any atom is 0.152 e. The van der Waals surface area contributed by atoms with Gasteiger partial charge < -0.3 is 5.32 Å². The zero-order valence-electron chi connectivity index (χ0n) is 10.3. The number of anilines is 1. The zero-order valence-corrected chi connectivity index (χ0v) is 11.9. The lowest BCUT2D eigenvalue weighted by atomic mass is 10.2. The normalized spacial score (nSPS) is 13.4. The van der Waals surface area contributed by atoms with E-state index >= 15 is 0 Å². The van der Waals surface area contributed by atoms with Gasteiger partial charge in [-0.3, -0.25) is 0 Å². The van der Waals surface area contributed by atoms with Gasteiger partial charge in [0.25, 0.3) is 0 Å². The molecular weight excluding hydrogens is 258 g/mol. The lowest BCUT2D eigenvalue weighted by Gasteiger charge is -2.15. The van der Waals surface area contributed by atoms with E-state index in [9.17, 15) is 8.42 Å². The topological polar surface area (TPSA) is 46.2 Å². The van der Waals surface area contributed by atoms with Crippen LogP contribution in [0, 0.1) is 6.92 Å². The lowest BCUT2D eigenvalue weighted by molar-refractivity contribution is 0.593. The molecule has 1 rings (SSSR count). The van der Waals surface area contributed by atoms with Gasteiger partial charge in [0.2, 0.25) is 0 Å². The molecule has 0 spiro atoms. The molecule has 0 heterocycles. The third-order valence-electron chi connectivity index (χ3n) is 2.53. The molecule has 17 heavy (non-hydrogen) atoms. The minimum absolute atomic E-state index is 0.126. The number of hydrogen-bond donors (Lipinski definition) is 1. The van der Waals surface area contributed by atoms with Crippen LogP contribution in [0.1, 0.15) is 19.4 Å². The number of hydrogen-bond acceptors (Lipinski definition) is 3. The summed E-state index contributed by atoms with van der Waals surface area (Å²) in [5.41, 5.74) is 1.85. The molecule has 96 valence electrons. The molecule has 0 aliphatic carbocycles. The number of sulfone groups is 1. The van der Waals surface area contributed by atoms with Gasteiger partial charge in [-0.05, 0) is 31.5 Å². The first-order valence-electron chi connectivity index (χ1n) is 5.57. The fraction of sp³-hybridized carbons (Fsp3) is 0.500. The quantitative estimate of drug-likeness (QED) is 0.899. The van der Waals surface area contributed by atoms with Crippen molar-refractivity contribution in [2.75, 3.05) is 16.8 Å². The van der Waals surface area contributed by atoms with E-state index in [0.29, 0.717) is 5.02 Å². The lowest BCUT2D eigenvalue weighted by Crippen LogP contribution is -2.26. The number of aryl methyl sites for hydroxylation is 1. The van der Waals surface area contributed by atoms with E-state index in [1.54, 1.807) is 6.92 Å². The van der Waals surface area contributed by atoms with Crippen molar-refractivity contribution in [1.82, 2.24) is 0 Å². The van der Waals surface area contributed by atoms with Gasteiger partial charge in [-0.1, -0.05) is 24.6 Å². The van der Waals surface area contributed by atoms with Crippen molar-refractivity contribution in [2.24, 2.45) is 0 Å². The molecule has 1 aromatic carbocycles. The van der Waals surface area contributed by atoms with Gasteiger partial charge in [-0.15, -0.1) is 0 Å². The maximum absolute atomic E-state index is 11.5. The summed E-state index contributed by atoms with van der Waals surface area (Å²) in [5, 5.41) is 3.82. The van der Waals surface area contributed by atoms with E-state index in [-0.39, 0.29) is 17.5 Å². The van der Waals surface area contributed by atoms with Crippen LogP contribution in [-0.2, 0) is 9.84 Å². The fourth-order valence-corrected chi connectivity index (χ4v) is 2.77. The Hall–Kier alpha value is -0.740. The molecule has 0 amide bonds. The second-order valence-electron chi connectivity index (χ2n) is 4.21. The number of halogens is 1. The van der Waals surface area contributed by atoms with Crippen LogP contribution in [0.2, 0.25) is 5.02 Å². The molecule has 0 saturated carbocycles. The summed E-state index contributed by atoms with van der Waals surface area (Å²) in [6.07, 6.45) is 0. The van der Waals surface area contributed by atoms with Crippen LogP contribution in [0.3, 0.4) is 0 Å². The molecule has 1 aromatic rings. The highest BCUT2D eigenvalue weighted by Gasteiger charge is 2.13. The Morgan fingerprint density at radius 2 is 2.06 bits per heavy atom. The maximum atomic E-state index is 11.5. The average Bonchev–Trinajstić information content (AvgIpc) is 2.23. The van der Waals surface area contributed by atoms with E-state index in [1.165, 1.54) is 0 Å². The fourth-order valence-electron chi connectivity index (χ4n) is 1.51. The van der Waals surface area contributed by atoms with Crippen LogP contribution < -0.4 is 5.32 Å². The summed E-state index contributed by atoms with van der Waals surface area (Å²) in [4.78, 5) is 0. The molecular formula is C12H18ClNO2S. The second kappa shape index (κ2) is 5.74. The van der Waals surface area contributed by atoms with Crippen LogP contribution in [0.15, 0.2) is 18.2 Å². The van der Waals surface area contributed by atoms with Crippen molar-refractivity contribution < 1.29 is 8.42 Å². The van der Waals surface area contributed by atoms with Crippen molar-refractivity contribution in [3.05, 3.63) is 28.8 Å². The van der Waals surface area contributed by atoms with Crippen molar-refractivity contribution in [3.63, 3.8) is 0 Å². The van der Waals surface area contributed by atoms with Gasteiger partial charge >= 0.3 is 0 Å². The summed E-state index contributed by atoms with van der Waals surface area (Å²) < 4.78 is 22.9. The predicted molar refractivity (Wildman–Crippen MR) is 73.6 cm³/mol. The Labute approximate surface area is 108 Å². The van der Waals surface area contributed by atoms with Gasteiger partial charge in [0.15, 0.2) is 9.84 Å². The molecule has 1 unspecified atom stereocenters. The highest BCUT2D eigenvalue weighted by atomic mass is 35.5. The molecule has 0 bridgehead atoms. The third kappa shape index (κ3) is 4.56. The standard InChI is InChI=1S/C12H18ClNO2S/c1-4-17(15,16)8-10(3)14-11-6-5-9(2)12(13)7-11/h5-7,10,14H,4,8H2,1-3H3. The molecule has 3 nitrogen and oxygen atoms in total. The number of benzene rings is 1. The monoisotopic (exact) mass is 275 g/mol. The Bertz CT molecular complexity index is 485. The van der Waals surface area contributed by atoms with Crippen LogP contribution in [-0.4, -0.2) is 26.0 Å². The number of nitrogens with one attached hydrogen (secondary N) is 1. The predicted octanol–water partition coefficient (Wildman–Crippen LogP) is 2.88. The van der Waals surface area contributed by atoms with Crippen LogP contribution in [0.25, 0.3) is 0 Å². The summed E-state index contributed by atoms with van der Waals surface area (Å²) in [5.74, 6) is 0.308. The highest BCUT2D eigenvalue weighted by Crippen LogP contribution is 2.20. The zero-order chi connectivity index (χ0) is 13.1. The summed E-state index contributed by atoms with van der Waals surface area (Å²) in [6.45, 7) is 5.43. The van der Waals surface area contributed by atoms with Gasteiger partial charge in [-0.2, -0.15) is 0 Å². The molecule has 1 N–H and O–H groups in total. The van der Waals surface area contributed by atoms with E-state index in [0.717, 1.165) is 11.3 Å². The number of rotatable bonds is 5. The molecule has 0 aliphatic heterocycles. The van der Waals surface area contributed by atoms with Crippen LogP contribution in [0.5, 0.6) is 0 Å². The molecule has 0 fully saturated rings. The van der Waals surface area contributed by atoms with E-state index in [2.05, 4.69) is 5.32 Å². The molecule has 1 atom stereocenters. The van der Waals surface area contributed by atoms with Gasteiger partial charge in [-0.25, -0.2) is 8.42 Å². The van der Waals surface area contributed by atoms with Gasteiger partial charge in [0.1, 0.15) is 0 Å². The summed E-state index contributed by atoms with van der Waals surface area (Å²) >= 11 is 6.00. The van der Waals surface area contributed by atoms with Gasteiger partial charge in [0, 0.05) is 22.5 Å². The molecule has 0 aliphatic rings. The van der Waals surface area contributed by atoms with Crippen molar-refractivity contribution in [1.29, 1.82) is 0 Å². The van der Waals surface area contributed by atoms with Gasteiger partial charge in [0.05, 0.1) is 5.75 Å². The first-order valence-corrected chi connectivity index (χ1v) is 7.77. The summed E-state index contributed by atoms with van der Waals surface area (Å²) in [7, 11) is -2.95. The Morgan fingerprint density at radius 3 is 2.59 bits per heavy atom. The smallest absolute Gasteiger partial charge is 0.152 e. The molecule has 0 aromatic heterocycles. The van der Waals surface area contributed by atoms with Crippen molar-refractivity contribution in [2.45, 2.75) is 26.8 Å². The average molecular weight is 276 g/mol. The first kappa shape index (κ1) is 14.3. The largest absolute Gasteiger partial charge is 0.382 e.